The summed E-state index contributed by atoms with van der Waals surface area (Å²) in [4.78, 5) is 14.3. The van der Waals surface area contributed by atoms with Crippen molar-refractivity contribution < 1.29 is 9.53 Å². The van der Waals surface area contributed by atoms with Crippen LogP contribution < -0.4 is 4.74 Å². The number of carbonyl (C=O) groups excluding carboxylic acids is 1. The molecule has 0 aliphatic carbocycles. The topological polar surface area (TPSA) is 92.9 Å². The Morgan fingerprint density at radius 2 is 2.38 bits per heavy atom. The van der Waals surface area contributed by atoms with Gasteiger partial charge in [-0.05, 0) is 16.2 Å². The van der Waals surface area contributed by atoms with Crippen LogP contribution in [0.15, 0.2) is 42.2 Å². The zero-order valence-electron chi connectivity index (χ0n) is 11.4. The smallest absolute Gasteiger partial charge is 0.249 e. The van der Waals surface area contributed by atoms with Crippen LogP contribution in [0.4, 0.5) is 0 Å². The average Bonchev–Trinajstić information content (AvgIpc) is 2.90. The molecule has 1 aromatic carbocycles. The highest BCUT2D eigenvalue weighted by Gasteiger charge is 2.13. The van der Waals surface area contributed by atoms with Crippen LogP contribution in [0.25, 0.3) is 16.5 Å². The van der Waals surface area contributed by atoms with E-state index < -0.39 is 5.91 Å². The Balaban J connectivity index is 2.33. The molecule has 7 nitrogen and oxygen atoms in total. The molecule has 0 bridgehead atoms. The number of benzene rings is 1. The van der Waals surface area contributed by atoms with E-state index >= 15 is 0 Å². The summed E-state index contributed by atoms with van der Waals surface area (Å²) < 4.78 is 7.17. The second kappa shape index (κ2) is 6.40. The Hall–Kier alpha value is -3.05. The fraction of sp³-hybridized carbons (Fsp3) is 0.143. The van der Waals surface area contributed by atoms with Gasteiger partial charge in [0, 0.05) is 35.3 Å². The molecule has 0 unspecified atom stereocenters. The first kappa shape index (κ1) is 14.4. The Bertz CT molecular complexity index is 729. The second-order valence-corrected chi connectivity index (χ2v) is 4.19. The van der Waals surface area contributed by atoms with Gasteiger partial charge in [0.25, 0.3) is 0 Å². The van der Waals surface area contributed by atoms with E-state index in [0.717, 1.165) is 5.56 Å². The predicted octanol–water partition coefficient (Wildman–Crippen LogP) is 3.09. The molecule has 0 aliphatic rings. The fourth-order valence-corrected chi connectivity index (χ4v) is 1.87. The summed E-state index contributed by atoms with van der Waals surface area (Å²) in [5.41, 5.74) is 10.0. The SMILES string of the molecule is C=Cc1cccc(C(=O)N=[N+]=[N-])c1COc1ccn(C)n1. The van der Waals surface area contributed by atoms with E-state index in [2.05, 4.69) is 21.7 Å². The van der Waals surface area contributed by atoms with Crippen molar-refractivity contribution in [2.75, 3.05) is 0 Å². The largest absolute Gasteiger partial charge is 0.472 e. The summed E-state index contributed by atoms with van der Waals surface area (Å²) in [6.07, 6.45) is 3.37. The minimum Gasteiger partial charge on any atom is -0.472 e. The summed E-state index contributed by atoms with van der Waals surface area (Å²) in [7, 11) is 1.78. The molecule has 106 valence electrons. The van der Waals surface area contributed by atoms with Crippen molar-refractivity contribution in [3.05, 3.63) is 64.2 Å². The van der Waals surface area contributed by atoms with Crippen molar-refractivity contribution in [1.29, 1.82) is 0 Å². The van der Waals surface area contributed by atoms with Crippen LogP contribution in [0.5, 0.6) is 5.88 Å². The van der Waals surface area contributed by atoms with Crippen LogP contribution >= 0.6 is 0 Å². The van der Waals surface area contributed by atoms with Crippen molar-refractivity contribution in [2.24, 2.45) is 12.2 Å². The molecule has 1 aromatic heterocycles. The number of hydrogen-bond donors (Lipinski definition) is 0. The summed E-state index contributed by atoms with van der Waals surface area (Å²) in [5.74, 6) is -0.209. The zero-order chi connectivity index (χ0) is 15.2. The maximum Gasteiger partial charge on any atom is 0.249 e. The Morgan fingerprint density at radius 1 is 1.57 bits per heavy atom. The van der Waals surface area contributed by atoms with E-state index in [0.29, 0.717) is 17.0 Å². The van der Waals surface area contributed by atoms with Gasteiger partial charge < -0.3 is 4.74 Å². The molecule has 0 atom stereocenters. The lowest BCUT2D eigenvalue weighted by atomic mass is 10.0. The summed E-state index contributed by atoms with van der Waals surface area (Å²) >= 11 is 0. The minimum absolute atomic E-state index is 0.126. The number of aromatic nitrogens is 2. The molecular weight excluding hydrogens is 270 g/mol. The van der Waals surface area contributed by atoms with E-state index in [1.165, 1.54) is 0 Å². The van der Waals surface area contributed by atoms with Crippen molar-refractivity contribution >= 4 is 12.0 Å². The normalized spacial score (nSPS) is 9.76. The Kier molecular flexibility index (Phi) is 4.38. The van der Waals surface area contributed by atoms with Gasteiger partial charge >= 0.3 is 0 Å². The van der Waals surface area contributed by atoms with Crippen molar-refractivity contribution in [3.8, 4) is 5.88 Å². The molecular formula is C14H13N5O2. The minimum atomic E-state index is -0.652. The fourth-order valence-electron chi connectivity index (χ4n) is 1.87. The van der Waals surface area contributed by atoms with Crippen molar-refractivity contribution in [2.45, 2.75) is 6.61 Å². The summed E-state index contributed by atoms with van der Waals surface area (Å²) in [6.45, 7) is 3.83. The molecule has 0 radical (unpaired) electrons. The number of carbonyl (C=O) groups is 1. The van der Waals surface area contributed by atoms with Gasteiger partial charge in [-0.1, -0.05) is 30.9 Å². The lowest BCUT2D eigenvalue weighted by molar-refractivity contribution is 0.0997. The summed E-state index contributed by atoms with van der Waals surface area (Å²) in [6, 6.07) is 6.80. The van der Waals surface area contributed by atoms with Crippen LogP contribution in [0.1, 0.15) is 21.5 Å². The molecule has 2 aromatic rings. The highest BCUT2D eigenvalue weighted by Crippen LogP contribution is 2.20. The third-order valence-corrected chi connectivity index (χ3v) is 2.85. The number of nitrogens with zero attached hydrogens (tertiary/aromatic N) is 5. The average molecular weight is 283 g/mol. The molecule has 2 rings (SSSR count). The van der Waals surface area contributed by atoms with Crippen LogP contribution in [0.2, 0.25) is 0 Å². The maximum absolute atomic E-state index is 11.8. The van der Waals surface area contributed by atoms with Gasteiger partial charge in [-0.3, -0.25) is 9.48 Å². The number of ether oxygens (including phenoxy) is 1. The lowest BCUT2D eigenvalue weighted by Crippen LogP contribution is -2.07. The first-order chi connectivity index (χ1) is 10.2. The molecule has 0 N–H and O–H groups in total. The molecule has 0 saturated heterocycles. The number of hydrogen-bond acceptors (Lipinski definition) is 3. The quantitative estimate of drug-likeness (QED) is 0.479. The highest BCUT2D eigenvalue weighted by molar-refractivity contribution is 5.97. The molecule has 0 spiro atoms. The van der Waals surface area contributed by atoms with Crippen LogP contribution in [-0.4, -0.2) is 15.7 Å². The first-order valence-electron chi connectivity index (χ1n) is 6.12. The number of aryl methyl sites for hydroxylation is 1. The zero-order valence-corrected chi connectivity index (χ0v) is 11.4. The van der Waals surface area contributed by atoms with E-state index in [4.69, 9.17) is 10.3 Å². The van der Waals surface area contributed by atoms with E-state index in [1.54, 1.807) is 48.3 Å². The number of azide groups is 1. The van der Waals surface area contributed by atoms with Gasteiger partial charge in [-0.25, -0.2) is 0 Å². The van der Waals surface area contributed by atoms with Gasteiger partial charge in [0.15, 0.2) is 0 Å². The van der Waals surface area contributed by atoms with E-state index in [-0.39, 0.29) is 6.61 Å². The van der Waals surface area contributed by atoms with Gasteiger partial charge in [0.1, 0.15) is 6.61 Å². The second-order valence-electron chi connectivity index (χ2n) is 4.19. The van der Waals surface area contributed by atoms with Crippen LogP contribution in [0.3, 0.4) is 0 Å². The molecule has 0 fully saturated rings. The molecule has 7 heteroatoms. The maximum atomic E-state index is 11.8. The van der Waals surface area contributed by atoms with E-state index in [9.17, 15) is 4.79 Å². The Morgan fingerprint density at radius 3 is 3.00 bits per heavy atom. The van der Waals surface area contributed by atoms with Crippen LogP contribution in [-0.2, 0) is 13.7 Å². The van der Waals surface area contributed by atoms with Gasteiger partial charge in [0.05, 0.1) is 0 Å². The van der Waals surface area contributed by atoms with Gasteiger partial charge in [-0.2, -0.15) is 0 Å². The third-order valence-electron chi connectivity index (χ3n) is 2.85. The molecule has 1 amide bonds. The standard InChI is InChI=1S/C14H13N5O2/c1-3-10-5-4-6-11(14(20)16-18-15)12(10)9-21-13-7-8-19(2)17-13/h3-8H,1,9H2,2H3. The van der Waals surface area contributed by atoms with Gasteiger partial charge in [-0.15, -0.1) is 5.10 Å². The predicted molar refractivity (Wildman–Crippen MR) is 77.5 cm³/mol. The molecule has 0 aliphatic heterocycles. The molecule has 0 saturated carbocycles. The van der Waals surface area contributed by atoms with Gasteiger partial charge in [0.2, 0.25) is 11.8 Å². The van der Waals surface area contributed by atoms with E-state index in [1.807, 2.05) is 0 Å². The van der Waals surface area contributed by atoms with Crippen molar-refractivity contribution in [3.63, 3.8) is 0 Å². The Labute approximate surface area is 121 Å². The molecule has 1 heterocycles. The lowest BCUT2D eigenvalue weighted by Gasteiger charge is -2.10. The number of rotatable bonds is 5. The van der Waals surface area contributed by atoms with Crippen molar-refractivity contribution in [1.82, 2.24) is 9.78 Å². The molecule has 21 heavy (non-hydrogen) atoms. The monoisotopic (exact) mass is 283 g/mol. The highest BCUT2D eigenvalue weighted by atomic mass is 16.5. The van der Waals surface area contributed by atoms with Crippen LogP contribution in [0, 0.1) is 0 Å². The number of amides is 1. The first-order valence-corrected chi connectivity index (χ1v) is 6.12. The third kappa shape index (κ3) is 3.29. The summed E-state index contributed by atoms with van der Waals surface area (Å²) in [5, 5.41) is 7.22.